The van der Waals surface area contributed by atoms with Crippen molar-refractivity contribution in [3.05, 3.63) is 47.9 Å². The summed E-state index contributed by atoms with van der Waals surface area (Å²) in [5.74, 6) is 4.72. The first-order chi connectivity index (χ1) is 11.3. The van der Waals surface area contributed by atoms with Crippen molar-refractivity contribution in [2.24, 2.45) is 0 Å². The fraction of sp³-hybridized carbons (Fsp3) is 0.235. The number of nitrogens with zero attached hydrogens (tertiary/aromatic N) is 4. The molecule has 3 rings (SSSR count). The number of aryl methyl sites for hydroxylation is 1. The zero-order valence-electron chi connectivity index (χ0n) is 12.9. The molecule has 23 heavy (non-hydrogen) atoms. The maximum Gasteiger partial charge on any atom is 0.254 e. The summed E-state index contributed by atoms with van der Waals surface area (Å²) in [4.78, 5) is 8.43. The molecule has 1 N–H and O–H groups in total. The first kappa shape index (κ1) is 14.9. The average Bonchev–Trinajstić information content (AvgIpc) is 3.02. The molecule has 2 aromatic heterocycles. The number of benzene rings is 1. The largest absolute Gasteiger partial charge is 0.481 e. The highest BCUT2D eigenvalue weighted by molar-refractivity contribution is 5.44. The number of hydrogen-bond acceptors (Lipinski definition) is 5. The molecule has 116 valence electrons. The van der Waals surface area contributed by atoms with Crippen LogP contribution in [-0.2, 0) is 6.42 Å². The summed E-state index contributed by atoms with van der Waals surface area (Å²) in [5.41, 5.74) is 2.12. The molecule has 0 bridgehead atoms. The van der Waals surface area contributed by atoms with Gasteiger partial charge in [-0.15, -0.1) is 6.42 Å². The predicted molar refractivity (Wildman–Crippen MR) is 88.5 cm³/mol. The first-order valence-corrected chi connectivity index (χ1v) is 7.33. The van der Waals surface area contributed by atoms with Gasteiger partial charge in [-0.25, -0.2) is 4.98 Å². The second-order valence-electron chi connectivity index (χ2n) is 5.07. The zero-order chi connectivity index (χ0) is 16.1. The Bertz CT molecular complexity index is 832. The average molecular weight is 307 g/mol. The number of anilines is 1. The molecule has 0 saturated heterocycles. The monoisotopic (exact) mass is 307 g/mol. The van der Waals surface area contributed by atoms with E-state index in [-0.39, 0.29) is 6.61 Å². The Labute approximate surface area is 134 Å². The molecule has 0 aliphatic rings. The smallest absolute Gasteiger partial charge is 0.254 e. The summed E-state index contributed by atoms with van der Waals surface area (Å²) in [6.07, 6.45) is 7.55. The Kier molecular flexibility index (Phi) is 4.39. The van der Waals surface area contributed by atoms with Gasteiger partial charge in [-0.2, -0.15) is 14.6 Å². The molecule has 0 fully saturated rings. The van der Waals surface area contributed by atoms with E-state index in [0.29, 0.717) is 5.78 Å². The summed E-state index contributed by atoms with van der Waals surface area (Å²) in [6, 6.07) is 9.89. The highest BCUT2D eigenvalue weighted by Gasteiger charge is 2.05. The van der Waals surface area contributed by atoms with Crippen molar-refractivity contribution in [3.8, 4) is 18.1 Å². The Morgan fingerprint density at radius 2 is 2.13 bits per heavy atom. The second-order valence-corrected chi connectivity index (χ2v) is 5.07. The maximum atomic E-state index is 5.36. The van der Waals surface area contributed by atoms with Gasteiger partial charge in [0.1, 0.15) is 24.5 Å². The number of fused-ring (bicyclic) bond motifs is 1. The van der Waals surface area contributed by atoms with E-state index in [0.717, 1.165) is 30.2 Å². The molecular formula is C17H17N5O. The van der Waals surface area contributed by atoms with Crippen LogP contribution in [-0.4, -0.2) is 32.7 Å². The number of rotatable bonds is 6. The van der Waals surface area contributed by atoms with Crippen molar-refractivity contribution < 1.29 is 4.74 Å². The van der Waals surface area contributed by atoms with Crippen molar-refractivity contribution in [3.63, 3.8) is 0 Å². The Morgan fingerprint density at radius 1 is 1.30 bits per heavy atom. The quantitative estimate of drug-likeness (QED) is 0.707. The topological polar surface area (TPSA) is 64.3 Å². The van der Waals surface area contributed by atoms with Gasteiger partial charge in [0, 0.05) is 18.3 Å². The van der Waals surface area contributed by atoms with Gasteiger partial charge in [0.05, 0.1) is 0 Å². The fourth-order valence-electron chi connectivity index (χ4n) is 2.27. The summed E-state index contributed by atoms with van der Waals surface area (Å²) in [6.45, 7) is 3.01. The SMILES string of the molecule is C#CCOc1ccc(CCNc2cc(C)nc3ncnn23)cc1. The minimum atomic E-state index is 0.288. The van der Waals surface area contributed by atoms with Crippen LogP contribution in [0.2, 0.25) is 0 Å². The van der Waals surface area contributed by atoms with Gasteiger partial charge >= 0.3 is 0 Å². The third kappa shape index (κ3) is 3.58. The number of hydrogen-bond donors (Lipinski definition) is 1. The number of aromatic nitrogens is 4. The Balaban J connectivity index is 1.60. The normalized spacial score (nSPS) is 10.4. The lowest BCUT2D eigenvalue weighted by molar-refractivity contribution is 0.370. The molecule has 0 radical (unpaired) electrons. The zero-order valence-corrected chi connectivity index (χ0v) is 12.9. The molecule has 2 heterocycles. The summed E-state index contributed by atoms with van der Waals surface area (Å²) < 4.78 is 7.06. The van der Waals surface area contributed by atoms with Crippen molar-refractivity contribution in [1.82, 2.24) is 19.6 Å². The van der Waals surface area contributed by atoms with Crippen molar-refractivity contribution in [2.75, 3.05) is 18.5 Å². The number of nitrogens with one attached hydrogen (secondary N) is 1. The van der Waals surface area contributed by atoms with E-state index in [4.69, 9.17) is 11.2 Å². The van der Waals surface area contributed by atoms with Gasteiger partial charge in [-0.05, 0) is 31.0 Å². The molecule has 0 unspecified atom stereocenters. The predicted octanol–water partition coefficient (Wildman–Crippen LogP) is 2.10. The van der Waals surface area contributed by atoms with Crippen LogP contribution in [0.25, 0.3) is 5.78 Å². The van der Waals surface area contributed by atoms with E-state index >= 15 is 0 Å². The van der Waals surface area contributed by atoms with E-state index < -0.39 is 0 Å². The molecule has 6 heteroatoms. The van der Waals surface area contributed by atoms with Crippen molar-refractivity contribution >= 4 is 11.6 Å². The third-order valence-corrected chi connectivity index (χ3v) is 3.35. The molecule has 1 aromatic carbocycles. The van der Waals surface area contributed by atoms with Gasteiger partial charge in [-0.1, -0.05) is 18.1 Å². The molecule has 0 aliphatic carbocycles. The van der Waals surface area contributed by atoms with E-state index in [1.807, 2.05) is 37.3 Å². The van der Waals surface area contributed by atoms with Crippen LogP contribution in [0.1, 0.15) is 11.3 Å². The Morgan fingerprint density at radius 3 is 2.91 bits per heavy atom. The third-order valence-electron chi connectivity index (χ3n) is 3.35. The number of ether oxygens (including phenoxy) is 1. The van der Waals surface area contributed by atoms with Gasteiger partial charge in [0.15, 0.2) is 0 Å². The van der Waals surface area contributed by atoms with Gasteiger partial charge in [0.2, 0.25) is 0 Å². The highest BCUT2D eigenvalue weighted by Crippen LogP contribution is 2.13. The van der Waals surface area contributed by atoms with Crippen LogP contribution < -0.4 is 10.1 Å². The molecular weight excluding hydrogens is 290 g/mol. The number of terminal acetylenes is 1. The molecule has 0 atom stereocenters. The van der Waals surface area contributed by atoms with Crippen molar-refractivity contribution in [1.29, 1.82) is 0 Å². The lowest BCUT2D eigenvalue weighted by Gasteiger charge is -2.09. The van der Waals surface area contributed by atoms with Gasteiger partial charge in [0.25, 0.3) is 5.78 Å². The standard InChI is InChI=1S/C17H17N5O/c1-3-10-23-15-6-4-14(5-7-15)8-9-18-16-11-13(2)21-17-19-12-20-22(16)17/h1,4-7,11-12,18H,8-10H2,2H3. The highest BCUT2D eigenvalue weighted by atomic mass is 16.5. The fourth-order valence-corrected chi connectivity index (χ4v) is 2.27. The van der Waals surface area contributed by atoms with E-state index in [1.165, 1.54) is 11.9 Å². The van der Waals surface area contributed by atoms with Gasteiger partial charge < -0.3 is 10.1 Å². The summed E-state index contributed by atoms with van der Waals surface area (Å²) in [7, 11) is 0. The minimum Gasteiger partial charge on any atom is -0.481 e. The molecule has 0 saturated carbocycles. The maximum absolute atomic E-state index is 5.36. The van der Waals surface area contributed by atoms with E-state index in [2.05, 4.69) is 26.3 Å². The van der Waals surface area contributed by atoms with Gasteiger partial charge in [-0.3, -0.25) is 0 Å². The summed E-state index contributed by atoms with van der Waals surface area (Å²) >= 11 is 0. The van der Waals surface area contributed by atoms with Crippen LogP contribution in [0.15, 0.2) is 36.7 Å². The molecule has 3 aromatic rings. The van der Waals surface area contributed by atoms with Crippen LogP contribution >= 0.6 is 0 Å². The van der Waals surface area contributed by atoms with Crippen molar-refractivity contribution in [2.45, 2.75) is 13.3 Å². The first-order valence-electron chi connectivity index (χ1n) is 7.33. The van der Waals surface area contributed by atoms with Crippen LogP contribution in [0, 0.1) is 19.3 Å². The van der Waals surface area contributed by atoms with Crippen LogP contribution in [0.4, 0.5) is 5.82 Å². The molecule has 0 aliphatic heterocycles. The van der Waals surface area contributed by atoms with E-state index in [1.54, 1.807) is 4.52 Å². The Hall–Kier alpha value is -3.07. The lowest BCUT2D eigenvalue weighted by Crippen LogP contribution is -2.10. The van der Waals surface area contributed by atoms with Crippen LogP contribution in [0.3, 0.4) is 0 Å². The lowest BCUT2D eigenvalue weighted by atomic mass is 10.1. The second kappa shape index (κ2) is 6.79. The van der Waals surface area contributed by atoms with Crippen LogP contribution in [0.5, 0.6) is 5.75 Å². The van der Waals surface area contributed by atoms with E-state index in [9.17, 15) is 0 Å². The molecule has 6 nitrogen and oxygen atoms in total. The molecule has 0 amide bonds. The minimum absolute atomic E-state index is 0.288. The summed E-state index contributed by atoms with van der Waals surface area (Å²) in [5, 5.41) is 7.55. The molecule has 0 spiro atoms.